The van der Waals surface area contributed by atoms with Gasteiger partial charge in [-0.05, 0) is 38.0 Å². The predicted octanol–water partition coefficient (Wildman–Crippen LogP) is 3.72. The average molecular weight is 467 g/mol. The molecule has 0 atom stereocenters. The van der Waals surface area contributed by atoms with Gasteiger partial charge in [-0.3, -0.25) is 4.99 Å². The van der Waals surface area contributed by atoms with Gasteiger partial charge >= 0.3 is 0 Å². The summed E-state index contributed by atoms with van der Waals surface area (Å²) in [4.78, 5) is 4.30. The molecule has 0 unspecified atom stereocenters. The molecule has 0 amide bonds. The molecule has 1 aliphatic heterocycles. The first kappa shape index (κ1) is 23.0. The maximum Gasteiger partial charge on any atom is 0.190 e. The number of hydrogen-bond acceptors (Lipinski definition) is 3. The molecule has 1 aliphatic carbocycles. The van der Waals surface area contributed by atoms with E-state index in [0.29, 0.717) is 6.10 Å². The molecule has 1 saturated heterocycles. The number of halogens is 1. The van der Waals surface area contributed by atoms with Gasteiger partial charge in [0.1, 0.15) is 0 Å². The van der Waals surface area contributed by atoms with Crippen LogP contribution in [0.4, 0.5) is 0 Å². The van der Waals surface area contributed by atoms with Crippen LogP contribution in [-0.4, -0.2) is 52.0 Å². The minimum absolute atomic E-state index is 0. The Morgan fingerprint density at radius 3 is 2.36 bits per heavy atom. The standard InChI is InChI=1S/C19H37N3O2.HI/c1-20-19(21-12-5-9-17-7-3-2-4-8-17)22-13-6-14-24-18-10-15-23-16-11-18;/h17-18H,2-16H2,1H3,(H2,20,21,22);1H. The Hall–Kier alpha value is -0.0800. The van der Waals surface area contributed by atoms with E-state index in [2.05, 4.69) is 15.6 Å². The van der Waals surface area contributed by atoms with Gasteiger partial charge in [0.25, 0.3) is 0 Å². The summed E-state index contributed by atoms with van der Waals surface area (Å²) in [5, 5.41) is 6.81. The van der Waals surface area contributed by atoms with Crippen LogP contribution in [0.2, 0.25) is 0 Å². The highest BCUT2D eigenvalue weighted by Crippen LogP contribution is 2.26. The highest BCUT2D eigenvalue weighted by molar-refractivity contribution is 14.0. The zero-order chi connectivity index (χ0) is 16.9. The Morgan fingerprint density at radius 2 is 1.68 bits per heavy atom. The van der Waals surface area contributed by atoms with E-state index in [1.54, 1.807) is 0 Å². The Kier molecular flexibility index (Phi) is 13.8. The molecule has 1 heterocycles. The van der Waals surface area contributed by atoms with Gasteiger partial charge in [0.15, 0.2) is 5.96 Å². The van der Waals surface area contributed by atoms with Gasteiger partial charge in [0, 0.05) is 40.0 Å². The molecule has 0 spiro atoms. The van der Waals surface area contributed by atoms with E-state index in [1.807, 2.05) is 7.05 Å². The predicted molar refractivity (Wildman–Crippen MR) is 115 cm³/mol. The molecular formula is C19H38IN3O2. The highest BCUT2D eigenvalue weighted by Gasteiger charge is 2.14. The number of nitrogens with zero attached hydrogens (tertiary/aromatic N) is 1. The smallest absolute Gasteiger partial charge is 0.190 e. The van der Waals surface area contributed by atoms with Crippen molar-refractivity contribution in [1.29, 1.82) is 0 Å². The van der Waals surface area contributed by atoms with Crippen LogP contribution in [0, 0.1) is 5.92 Å². The molecule has 25 heavy (non-hydrogen) atoms. The number of ether oxygens (including phenoxy) is 2. The molecule has 0 aromatic rings. The molecule has 2 aliphatic rings. The third-order valence-corrected chi connectivity index (χ3v) is 5.17. The molecule has 0 aromatic carbocycles. The normalized spacial score (nSPS) is 20.1. The summed E-state index contributed by atoms with van der Waals surface area (Å²) in [6, 6.07) is 0. The Labute approximate surface area is 171 Å². The fraction of sp³-hybridized carbons (Fsp3) is 0.947. The third kappa shape index (κ3) is 10.6. The summed E-state index contributed by atoms with van der Waals surface area (Å²) in [6.07, 6.45) is 13.3. The Bertz CT molecular complexity index is 344. The maximum atomic E-state index is 5.88. The molecule has 2 rings (SSSR count). The third-order valence-electron chi connectivity index (χ3n) is 5.17. The summed E-state index contributed by atoms with van der Waals surface area (Å²) in [5.74, 6) is 1.89. The van der Waals surface area contributed by atoms with Crippen LogP contribution >= 0.6 is 24.0 Å². The van der Waals surface area contributed by atoms with Gasteiger partial charge in [-0.2, -0.15) is 0 Å². The van der Waals surface area contributed by atoms with Gasteiger partial charge < -0.3 is 20.1 Å². The minimum atomic E-state index is 0. The molecule has 148 valence electrons. The number of rotatable bonds is 9. The van der Waals surface area contributed by atoms with Crippen LogP contribution in [0.5, 0.6) is 0 Å². The number of hydrogen-bond donors (Lipinski definition) is 2. The van der Waals surface area contributed by atoms with E-state index in [-0.39, 0.29) is 24.0 Å². The SMILES string of the molecule is CN=C(NCCCOC1CCOCC1)NCCCC1CCCCC1.I. The van der Waals surface area contributed by atoms with Crippen LogP contribution < -0.4 is 10.6 Å². The molecule has 1 saturated carbocycles. The van der Waals surface area contributed by atoms with Crippen molar-refractivity contribution in [2.75, 3.05) is 40.0 Å². The molecule has 2 fully saturated rings. The van der Waals surface area contributed by atoms with Crippen molar-refractivity contribution < 1.29 is 9.47 Å². The van der Waals surface area contributed by atoms with E-state index < -0.39 is 0 Å². The highest BCUT2D eigenvalue weighted by atomic mass is 127. The summed E-state index contributed by atoms with van der Waals surface area (Å²) in [7, 11) is 1.84. The van der Waals surface area contributed by atoms with Crippen molar-refractivity contribution in [2.45, 2.75) is 70.3 Å². The lowest BCUT2D eigenvalue weighted by atomic mass is 9.86. The van der Waals surface area contributed by atoms with Gasteiger partial charge in [0.05, 0.1) is 6.10 Å². The zero-order valence-corrected chi connectivity index (χ0v) is 18.3. The maximum absolute atomic E-state index is 5.88. The largest absolute Gasteiger partial charge is 0.381 e. The zero-order valence-electron chi connectivity index (χ0n) is 15.9. The molecule has 2 N–H and O–H groups in total. The number of aliphatic imine (C=N–C) groups is 1. The first-order chi connectivity index (χ1) is 11.9. The molecule has 0 radical (unpaired) electrons. The molecule has 0 bridgehead atoms. The van der Waals surface area contributed by atoms with Gasteiger partial charge in [-0.25, -0.2) is 0 Å². The fourth-order valence-electron chi connectivity index (χ4n) is 3.67. The van der Waals surface area contributed by atoms with Gasteiger partial charge in [0.2, 0.25) is 0 Å². The van der Waals surface area contributed by atoms with Crippen molar-refractivity contribution in [1.82, 2.24) is 10.6 Å². The van der Waals surface area contributed by atoms with Crippen LogP contribution in [0.3, 0.4) is 0 Å². The van der Waals surface area contributed by atoms with Crippen molar-refractivity contribution in [3.63, 3.8) is 0 Å². The lowest BCUT2D eigenvalue weighted by Crippen LogP contribution is -2.38. The quantitative estimate of drug-likeness (QED) is 0.235. The van der Waals surface area contributed by atoms with E-state index >= 15 is 0 Å². The first-order valence-electron chi connectivity index (χ1n) is 10.0. The second-order valence-electron chi connectivity index (χ2n) is 7.11. The van der Waals surface area contributed by atoms with Crippen LogP contribution in [-0.2, 0) is 9.47 Å². The van der Waals surface area contributed by atoms with Crippen molar-refractivity contribution in [3.8, 4) is 0 Å². The van der Waals surface area contributed by atoms with Crippen molar-refractivity contribution in [3.05, 3.63) is 0 Å². The monoisotopic (exact) mass is 467 g/mol. The number of nitrogens with one attached hydrogen (secondary N) is 2. The van der Waals surface area contributed by atoms with Crippen molar-refractivity contribution >= 4 is 29.9 Å². The molecule has 5 nitrogen and oxygen atoms in total. The van der Waals surface area contributed by atoms with Crippen LogP contribution in [0.1, 0.15) is 64.2 Å². The number of guanidine groups is 1. The summed E-state index contributed by atoms with van der Waals surface area (Å²) < 4.78 is 11.2. The van der Waals surface area contributed by atoms with Crippen LogP contribution in [0.15, 0.2) is 4.99 Å². The van der Waals surface area contributed by atoms with Gasteiger partial charge in [-0.1, -0.05) is 32.1 Å². The van der Waals surface area contributed by atoms with Crippen LogP contribution in [0.25, 0.3) is 0 Å². The Morgan fingerprint density at radius 1 is 1.00 bits per heavy atom. The van der Waals surface area contributed by atoms with Gasteiger partial charge in [-0.15, -0.1) is 24.0 Å². The van der Waals surface area contributed by atoms with E-state index in [0.717, 1.165) is 64.1 Å². The lowest BCUT2D eigenvalue weighted by Gasteiger charge is -2.22. The summed E-state index contributed by atoms with van der Waals surface area (Å²) in [6.45, 7) is 4.44. The molecular weight excluding hydrogens is 429 g/mol. The van der Waals surface area contributed by atoms with E-state index in [9.17, 15) is 0 Å². The molecule has 6 heteroatoms. The minimum Gasteiger partial charge on any atom is -0.381 e. The first-order valence-corrected chi connectivity index (χ1v) is 10.0. The fourth-order valence-corrected chi connectivity index (χ4v) is 3.67. The van der Waals surface area contributed by atoms with E-state index in [1.165, 1.54) is 44.9 Å². The lowest BCUT2D eigenvalue weighted by molar-refractivity contribution is -0.0320. The summed E-state index contributed by atoms with van der Waals surface area (Å²) >= 11 is 0. The molecule has 0 aromatic heterocycles. The second-order valence-corrected chi connectivity index (χ2v) is 7.11. The van der Waals surface area contributed by atoms with E-state index in [4.69, 9.17) is 9.47 Å². The Balaban J connectivity index is 0.00000312. The second kappa shape index (κ2) is 15.0. The summed E-state index contributed by atoms with van der Waals surface area (Å²) in [5.41, 5.74) is 0. The topological polar surface area (TPSA) is 54.9 Å². The van der Waals surface area contributed by atoms with Crippen molar-refractivity contribution in [2.24, 2.45) is 10.9 Å². The average Bonchev–Trinajstić information content (AvgIpc) is 2.65.